The van der Waals surface area contributed by atoms with Crippen molar-refractivity contribution in [3.63, 3.8) is 0 Å². The van der Waals surface area contributed by atoms with Crippen molar-refractivity contribution >= 4 is 16.8 Å². The van der Waals surface area contributed by atoms with Crippen LogP contribution in [0.25, 0.3) is 11.0 Å². The van der Waals surface area contributed by atoms with E-state index in [1.807, 2.05) is 6.92 Å². The number of rotatable bonds is 2. The molecule has 2 aromatic rings. The second-order valence-electron chi connectivity index (χ2n) is 5.09. The average molecular weight is 247 g/mol. The molecule has 1 aliphatic heterocycles. The zero-order chi connectivity index (χ0) is 12.8. The van der Waals surface area contributed by atoms with Crippen molar-refractivity contribution in [2.45, 2.75) is 13.3 Å². The zero-order valence-electron chi connectivity index (χ0n) is 10.1. The highest BCUT2D eigenvalue weighted by atomic mass is 19.1. The smallest absolute Gasteiger partial charge is 0.205 e. The van der Waals surface area contributed by atoms with Gasteiger partial charge >= 0.3 is 0 Å². The van der Waals surface area contributed by atoms with E-state index in [0.717, 1.165) is 13.0 Å². The van der Waals surface area contributed by atoms with E-state index in [0.29, 0.717) is 11.9 Å². The normalized spacial score (nSPS) is 23.7. The Labute approximate surface area is 104 Å². The van der Waals surface area contributed by atoms with Crippen LogP contribution in [0.2, 0.25) is 0 Å². The Morgan fingerprint density at radius 2 is 2.33 bits per heavy atom. The van der Waals surface area contributed by atoms with Gasteiger partial charge in [0.05, 0.1) is 0 Å². The van der Waals surface area contributed by atoms with Crippen LogP contribution in [0.15, 0.2) is 28.7 Å². The molecule has 3 rings (SSSR count). The number of ketones is 1. The lowest BCUT2D eigenvalue weighted by Crippen LogP contribution is -2.29. The highest BCUT2D eigenvalue weighted by Crippen LogP contribution is 2.32. The number of hydrogen-bond donors (Lipinski definition) is 1. The predicted molar refractivity (Wildman–Crippen MR) is 66.1 cm³/mol. The Morgan fingerprint density at radius 1 is 1.50 bits per heavy atom. The van der Waals surface area contributed by atoms with Gasteiger partial charge in [-0.15, -0.1) is 0 Å². The fraction of sp³-hybridized carbons (Fsp3) is 0.357. The molecule has 1 unspecified atom stereocenters. The summed E-state index contributed by atoms with van der Waals surface area (Å²) in [5.41, 5.74) is -0.278. The number of para-hydroxylation sites is 1. The standard InChI is InChI=1S/C14H14FNO2/c1-14(5-6-16-8-14)13(17)11-7-9-3-2-4-10(15)12(9)18-11/h2-4,7,16H,5-6,8H2,1H3. The SMILES string of the molecule is CC1(C(=O)c2cc3cccc(F)c3o2)CCNC1. The second kappa shape index (κ2) is 3.92. The summed E-state index contributed by atoms with van der Waals surface area (Å²) in [5.74, 6) is -0.231. The molecule has 1 aliphatic rings. The highest BCUT2D eigenvalue weighted by molar-refractivity contribution is 6.01. The van der Waals surface area contributed by atoms with E-state index >= 15 is 0 Å². The van der Waals surface area contributed by atoms with Gasteiger partial charge in [0.2, 0.25) is 5.78 Å². The first-order valence-corrected chi connectivity index (χ1v) is 6.04. The molecule has 1 aromatic heterocycles. The molecule has 0 spiro atoms. The summed E-state index contributed by atoms with van der Waals surface area (Å²) in [5, 5.41) is 3.80. The number of hydrogen-bond acceptors (Lipinski definition) is 3. The number of fused-ring (bicyclic) bond motifs is 1. The van der Waals surface area contributed by atoms with Crippen molar-refractivity contribution in [3.05, 3.63) is 35.8 Å². The minimum atomic E-state index is -0.440. The number of Topliss-reactive ketones (excluding diaryl/α,β-unsaturated/α-hetero) is 1. The highest BCUT2D eigenvalue weighted by Gasteiger charge is 2.38. The number of nitrogens with one attached hydrogen (secondary N) is 1. The van der Waals surface area contributed by atoms with Crippen molar-refractivity contribution in [3.8, 4) is 0 Å². The average Bonchev–Trinajstić information content (AvgIpc) is 2.96. The Kier molecular flexibility index (Phi) is 2.48. The number of benzene rings is 1. The van der Waals surface area contributed by atoms with E-state index in [-0.39, 0.29) is 17.1 Å². The molecule has 0 amide bonds. The first-order valence-electron chi connectivity index (χ1n) is 6.04. The molecule has 94 valence electrons. The molecule has 1 N–H and O–H groups in total. The van der Waals surface area contributed by atoms with Crippen LogP contribution in [0.1, 0.15) is 23.9 Å². The maximum Gasteiger partial charge on any atom is 0.205 e. The largest absolute Gasteiger partial charge is 0.450 e. The van der Waals surface area contributed by atoms with Crippen molar-refractivity contribution in [2.24, 2.45) is 5.41 Å². The van der Waals surface area contributed by atoms with E-state index in [1.165, 1.54) is 6.07 Å². The molecular formula is C14H14FNO2. The summed E-state index contributed by atoms with van der Waals surface area (Å²) in [6, 6.07) is 6.32. The number of furan rings is 1. The topological polar surface area (TPSA) is 42.2 Å². The number of carbonyl (C=O) groups excluding carboxylic acids is 1. The van der Waals surface area contributed by atoms with E-state index in [9.17, 15) is 9.18 Å². The summed E-state index contributed by atoms with van der Waals surface area (Å²) in [6.45, 7) is 3.39. The van der Waals surface area contributed by atoms with Crippen molar-refractivity contribution in [2.75, 3.05) is 13.1 Å². The third-order valence-corrected chi connectivity index (χ3v) is 3.64. The van der Waals surface area contributed by atoms with E-state index in [4.69, 9.17) is 4.42 Å². The zero-order valence-corrected chi connectivity index (χ0v) is 10.1. The first kappa shape index (κ1) is 11.4. The molecule has 3 nitrogen and oxygen atoms in total. The van der Waals surface area contributed by atoms with Gasteiger partial charge in [-0.2, -0.15) is 0 Å². The Morgan fingerprint density at radius 3 is 3.00 bits per heavy atom. The van der Waals surface area contributed by atoms with Crippen LogP contribution in [0.5, 0.6) is 0 Å². The molecular weight excluding hydrogens is 233 g/mol. The number of halogens is 1. The summed E-state index contributed by atoms with van der Waals surface area (Å²) in [6.07, 6.45) is 0.783. The van der Waals surface area contributed by atoms with Crippen molar-refractivity contribution < 1.29 is 13.6 Å². The Balaban J connectivity index is 2.04. The van der Waals surface area contributed by atoms with Crippen LogP contribution in [0, 0.1) is 11.2 Å². The lowest BCUT2D eigenvalue weighted by molar-refractivity contribution is 0.0811. The molecule has 1 aromatic carbocycles. The van der Waals surface area contributed by atoms with Gasteiger partial charge in [0.15, 0.2) is 17.2 Å². The molecule has 1 saturated heterocycles. The lowest BCUT2D eigenvalue weighted by Gasteiger charge is -2.18. The van der Waals surface area contributed by atoms with Crippen LogP contribution in [0.4, 0.5) is 4.39 Å². The van der Waals surface area contributed by atoms with Crippen LogP contribution < -0.4 is 5.32 Å². The third-order valence-electron chi connectivity index (χ3n) is 3.64. The van der Waals surface area contributed by atoms with Crippen LogP contribution in [-0.2, 0) is 0 Å². The quantitative estimate of drug-likeness (QED) is 0.830. The summed E-state index contributed by atoms with van der Waals surface area (Å²) >= 11 is 0. The van der Waals surface area contributed by atoms with E-state index < -0.39 is 11.2 Å². The molecule has 4 heteroatoms. The van der Waals surface area contributed by atoms with E-state index in [1.54, 1.807) is 18.2 Å². The van der Waals surface area contributed by atoms with Gasteiger partial charge < -0.3 is 9.73 Å². The predicted octanol–water partition coefficient (Wildman–Crippen LogP) is 2.75. The third kappa shape index (κ3) is 1.64. The summed E-state index contributed by atoms with van der Waals surface area (Å²) in [7, 11) is 0. The van der Waals surface area contributed by atoms with Gasteiger partial charge in [-0.1, -0.05) is 19.1 Å². The lowest BCUT2D eigenvalue weighted by atomic mass is 9.84. The maximum atomic E-state index is 13.5. The minimum absolute atomic E-state index is 0.0527. The molecule has 2 heterocycles. The van der Waals surface area contributed by atoms with Gasteiger partial charge in [0.25, 0.3) is 0 Å². The molecule has 0 saturated carbocycles. The molecule has 18 heavy (non-hydrogen) atoms. The Hall–Kier alpha value is -1.68. The fourth-order valence-electron chi connectivity index (χ4n) is 2.45. The fourth-order valence-corrected chi connectivity index (χ4v) is 2.45. The molecule has 0 bridgehead atoms. The van der Waals surface area contributed by atoms with Gasteiger partial charge in [-0.25, -0.2) is 4.39 Å². The van der Waals surface area contributed by atoms with Gasteiger partial charge in [-0.3, -0.25) is 4.79 Å². The van der Waals surface area contributed by atoms with Crippen molar-refractivity contribution in [1.82, 2.24) is 5.32 Å². The first-order chi connectivity index (χ1) is 8.60. The van der Waals surface area contributed by atoms with Gasteiger partial charge in [0.1, 0.15) is 0 Å². The van der Waals surface area contributed by atoms with Crippen LogP contribution >= 0.6 is 0 Å². The van der Waals surface area contributed by atoms with E-state index in [2.05, 4.69) is 5.32 Å². The maximum absolute atomic E-state index is 13.5. The van der Waals surface area contributed by atoms with Crippen LogP contribution in [0.3, 0.4) is 0 Å². The summed E-state index contributed by atoms with van der Waals surface area (Å²) in [4.78, 5) is 12.4. The Bertz CT molecular complexity index is 611. The van der Waals surface area contributed by atoms with Crippen molar-refractivity contribution in [1.29, 1.82) is 0 Å². The molecule has 1 atom stereocenters. The minimum Gasteiger partial charge on any atom is -0.450 e. The second-order valence-corrected chi connectivity index (χ2v) is 5.09. The summed E-state index contributed by atoms with van der Waals surface area (Å²) < 4.78 is 18.9. The monoisotopic (exact) mass is 247 g/mol. The molecule has 1 fully saturated rings. The molecule has 0 aliphatic carbocycles. The van der Waals surface area contributed by atoms with Gasteiger partial charge in [0, 0.05) is 17.3 Å². The van der Waals surface area contributed by atoms with Crippen LogP contribution in [-0.4, -0.2) is 18.9 Å². The molecule has 0 radical (unpaired) electrons. The number of carbonyl (C=O) groups is 1. The van der Waals surface area contributed by atoms with Gasteiger partial charge in [-0.05, 0) is 25.1 Å².